The SMILES string of the molecule is C=CC(C)(O)/C=C/C1=C(C)CC[C@H](CC=C(COCOCCOC)COCOCCOC)C1(C)C. The Balaban J connectivity index is 2.81. The summed E-state index contributed by atoms with van der Waals surface area (Å²) in [6.45, 7) is 15.6. The zero-order valence-electron chi connectivity index (χ0n) is 22.8. The van der Waals surface area contributed by atoms with E-state index in [1.165, 1.54) is 11.1 Å². The molecule has 0 saturated heterocycles. The second-order valence-electron chi connectivity index (χ2n) is 9.75. The molecule has 0 saturated carbocycles. The number of aliphatic hydroxyl groups is 1. The molecule has 0 amide bonds. The molecule has 202 valence electrons. The van der Waals surface area contributed by atoms with Crippen LogP contribution in [0.2, 0.25) is 0 Å². The fourth-order valence-electron chi connectivity index (χ4n) is 4.08. The molecule has 7 heteroatoms. The van der Waals surface area contributed by atoms with E-state index in [2.05, 4.69) is 39.5 Å². The highest BCUT2D eigenvalue weighted by molar-refractivity contribution is 5.35. The highest BCUT2D eigenvalue weighted by atomic mass is 16.7. The van der Waals surface area contributed by atoms with Crippen LogP contribution in [0.4, 0.5) is 0 Å². The molecule has 2 atom stereocenters. The first kappa shape index (κ1) is 31.7. The Hall–Kier alpha value is -1.32. The third kappa shape index (κ3) is 12.5. The molecule has 0 radical (unpaired) electrons. The van der Waals surface area contributed by atoms with Crippen LogP contribution in [0.15, 0.2) is 47.6 Å². The average molecular weight is 497 g/mol. The maximum atomic E-state index is 10.4. The van der Waals surface area contributed by atoms with E-state index in [9.17, 15) is 5.11 Å². The largest absolute Gasteiger partial charge is 0.382 e. The molecule has 1 aliphatic rings. The lowest BCUT2D eigenvalue weighted by Gasteiger charge is -2.41. The van der Waals surface area contributed by atoms with Crippen LogP contribution in [0.5, 0.6) is 0 Å². The van der Waals surface area contributed by atoms with Crippen molar-refractivity contribution in [3.63, 3.8) is 0 Å². The Labute approximate surface area is 212 Å². The molecule has 0 heterocycles. The molecular weight excluding hydrogens is 448 g/mol. The van der Waals surface area contributed by atoms with Crippen LogP contribution < -0.4 is 0 Å². The molecule has 0 aromatic carbocycles. The van der Waals surface area contributed by atoms with E-state index in [-0.39, 0.29) is 19.0 Å². The summed E-state index contributed by atoms with van der Waals surface area (Å²) in [5.74, 6) is 0.449. The molecule has 7 nitrogen and oxygen atoms in total. The van der Waals surface area contributed by atoms with Gasteiger partial charge in [-0.3, -0.25) is 0 Å². The van der Waals surface area contributed by atoms with Crippen LogP contribution in [0.3, 0.4) is 0 Å². The molecule has 0 spiro atoms. The quantitative estimate of drug-likeness (QED) is 0.156. The Morgan fingerprint density at radius 3 is 2.11 bits per heavy atom. The van der Waals surface area contributed by atoms with Crippen molar-refractivity contribution in [2.75, 3.05) is 67.4 Å². The van der Waals surface area contributed by atoms with Crippen molar-refractivity contribution >= 4 is 0 Å². The lowest BCUT2D eigenvalue weighted by molar-refractivity contribution is -0.0725. The third-order valence-corrected chi connectivity index (χ3v) is 6.51. The lowest BCUT2D eigenvalue weighted by atomic mass is 9.64. The van der Waals surface area contributed by atoms with E-state index in [1.54, 1.807) is 27.2 Å². The summed E-state index contributed by atoms with van der Waals surface area (Å²) in [5, 5.41) is 10.4. The number of allylic oxidation sites excluding steroid dienone is 4. The van der Waals surface area contributed by atoms with E-state index in [0.717, 1.165) is 24.8 Å². The first-order chi connectivity index (χ1) is 16.7. The molecule has 35 heavy (non-hydrogen) atoms. The molecule has 0 aliphatic heterocycles. The fraction of sp³-hybridized carbons (Fsp3) is 0.714. The number of methoxy groups -OCH3 is 2. The smallest absolute Gasteiger partial charge is 0.147 e. The van der Waals surface area contributed by atoms with Gasteiger partial charge in [0.1, 0.15) is 13.6 Å². The molecule has 1 unspecified atom stereocenters. The maximum Gasteiger partial charge on any atom is 0.147 e. The van der Waals surface area contributed by atoms with Crippen LogP contribution in [0.1, 0.15) is 47.0 Å². The van der Waals surface area contributed by atoms with Crippen LogP contribution in [-0.2, 0) is 28.4 Å². The molecule has 0 fully saturated rings. The topological polar surface area (TPSA) is 75.6 Å². The normalized spacial score (nSPS) is 19.7. The summed E-state index contributed by atoms with van der Waals surface area (Å²) in [7, 11) is 3.28. The second-order valence-corrected chi connectivity index (χ2v) is 9.75. The first-order valence-electron chi connectivity index (χ1n) is 12.4. The zero-order valence-corrected chi connectivity index (χ0v) is 22.8. The summed E-state index contributed by atoms with van der Waals surface area (Å²) in [6.07, 6.45) is 10.8. The summed E-state index contributed by atoms with van der Waals surface area (Å²) in [6, 6.07) is 0. The minimum atomic E-state index is -1.02. The van der Waals surface area contributed by atoms with Gasteiger partial charge in [-0.25, -0.2) is 0 Å². The van der Waals surface area contributed by atoms with Gasteiger partial charge in [0.15, 0.2) is 0 Å². The lowest BCUT2D eigenvalue weighted by Crippen LogP contribution is -2.30. The van der Waals surface area contributed by atoms with Gasteiger partial charge in [0.2, 0.25) is 0 Å². The second kappa shape index (κ2) is 17.2. The van der Waals surface area contributed by atoms with Gasteiger partial charge in [0.05, 0.1) is 45.2 Å². The van der Waals surface area contributed by atoms with Gasteiger partial charge in [-0.15, -0.1) is 0 Å². The van der Waals surface area contributed by atoms with Gasteiger partial charge in [0.25, 0.3) is 0 Å². The predicted molar refractivity (Wildman–Crippen MR) is 139 cm³/mol. The van der Waals surface area contributed by atoms with Crippen molar-refractivity contribution in [3.05, 3.63) is 47.6 Å². The number of hydrogen-bond donors (Lipinski definition) is 1. The standard InChI is InChI=1S/C28H48O7/c1-8-28(5,29)14-13-26-23(2)9-11-25(27(26,3)4)12-10-24(19-34-21-32-17-15-30-6)20-35-22-33-18-16-31-7/h8,10,13-14,25,29H,1,9,11-12,15-22H2,2-7H3/b14-13+/t25-,28?/m1/s1. The fourth-order valence-corrected chi connectivity index (χ4v) is 4.08. The van der Waals surface area contributed by atoms with Crippen LogP contribution in [0, 0.1) is 11.3 Å². The number of rotatable bonds is 19. The highest BCUT2D eigenvalue weighted by Crippen LogP contribution is 2.47. The van der Waals surface area contributed by atoms with Crippen molar-refractivity contribution in [3.8, 4) is 0 Å². The summed E-state index contributed by atoms with van der Waals surface area (Å²) in [5.41, 5.74) is 2.67. The predicted octanol–water partition coefficient (Wildman–Crippen LogP) is 4.82. The van der Waals surface area contributed by atoms with Crippen LogP contribution in [0.25, 0.3) is 0 Å². The Bertz CT molecular complexity index is 673. The third-order valence-electron chi connectivity index (χ3n) is 6.51. The van der Waals surface area contributed by atoms with E-state index < -0.39 is 5.60 Å². The van der Waals surface area contributed by atoms with Gasteiger partial charge in [-0.05, 0) is 61.7 Å². The minimum Gasteiger partial charge on any atom is -0.382 e. The van der Waals surface area contributed by atoms with Crippen molar-refractivity contribution < 1.29 is 33.5 Å². The van der Waals surface area contributed by atoms with E-state index in [4.69, 9.17) is 28.4 Å². The van der Waals surface area contributed by atoms with Crippen LogP contribution >= 0.6 is 0 Å². The average Bonchev–Trinajstić information content (AvgIpc) is 2.81. The number of hydrogen-bond acceptors (Lipinski definition) is 7. The van der Waals surface area contributed by atoms with E-state index in [1.807, 2.05) is 6.08 Å². The van der Waals surface area contributed by atoms with Gasteiger partial charge in [-0.1, -0.05) is 44.2 Å². The van der Waals surface area contributed by atoms with Crippen molar-refractivity contribution in [2.24, 2.45) is 11.3 Å². The Morgan fingerprint density at radius 2 is 1.60 bits per heavy atom. The first-order valence-corrected chi connectivity index (χ1v) is 12.4. The molecular formula is C28H48O7. The monoisotopic (exact) mass is 496 g/mol. The van der Waals surface area contributed by atoms with Crippen molar-refractivity contribution in [1.29, 1.82) is 0 Å². The molecule has 0 aromatic rings. The van der Waals surface area contributed by atoms with Gasteiger partial charge >= 0.3 is 0 Å². The van der Waals surface area contributed by atoms with Gasteiger partial charge in [-0.2, -0.15) is 0 Å². The summed E-state index contributed by atoms with van der Waals surface area (Å²) < 4.78 is 32.2. The maximum absolute atomic E-state index is 10.4. The molecule has 1 N–H and O–H groups in total. The zero-order chi connectivity index (χ0) is 26.2. The minimum absolute atomic E-state index is 0.0358. The summed E-state index contributed by atoms with van der Waals surface area (Å²) in [4.78, 5) is 0. The molecule has 0 bridgehead atoms. The van der Waals surface area contributed by atoms with Crippen molar-refractivity contribution in [2.45, 2.75) is 52.6 Å². The highest BCUT2D eigenvalue weighted by Gasteiger charge is 2.35. The Morgan fingerprint density at radius 1 is 1.03 bits per heavy atom. The Kier molecular flexibility index (Phi) is 15.6. The van der Waals surface area contributed by atoms with E-state index in [0.29, 0.717) is 45.6 Å². The van der Waals surface area contributed by atoms with Gasteiger partial charge in [0, 0.05) is 14.2 Å². The molecule has 1 rings (SSSR count). The summed E-state index contributed by atoms with van der Waals surface area (Å²) >= 11 is 0. The van der Waals surface area contributed by atoms with Crippen LogP contribution in [-0.4, -0.2) is 78.2 Å². The van der Waals surface area contributed by atoms with E-state index >= 15 is 0 Å². The van der Waals surface area contributed by atoms with Gasteiger partial charge < -0.3 is 33.5 Å². The van der Waals surface area contributed by atoms with Crippen molar-refractivity contribution in [1.82, 2.24) is 0 Å². The number of ether oxygens (including phenoxy) is 6. The molecule has 0 aromatic heterocycles. The molecule has 1 aliphatic carbocycles.